The maximum atomic E-state index is 12.0. The van der Waals surface area contributed by atoms with Gasteiger partial charge in [-0.15, -0.1) is 0 Å². The SMILES string of the molecule is Cc1ccc(NC(=O)NCC2CCCN(C(=O)[C@@H](C)N)C2)cc1. The van der Waals surface area contributed by atoms with Gasteiger partial charge in [-0.2, -0.15) is 0 Å². The van der Waals surface area contributed by atoms with E-state index in [1.807, 2.05) is 31.2 Å². The summed E-state index contributed by atoms with van der Waals surface area (Å²) in [7, 11) is 0. The number of carbonyl (C=O) groups excluding carboxylic acids is 2. The summed E-state index contributed by atoms with van der Waals surface area (Å²) in [6, 6.07) is 6.97. The number of nitrogens with one attached hydrogen (secondary N) is 2. The highest BCUT2D eigenvalue weighted by Gasteiger charge is 2.25. The van der Waals surface area contributed by atoms with Crippen molar-refractivity contribution in [3.8, 4) is 0 Å². The molecule has 1 fully saturated rings. The number of nitrogens with zero attached hydrogens (tertiary/aromatic N) is 1. The van der Waals surface area contributed by atoms with Gasteiger partial charge in [0.05, 0.1) is 6.04 Å². The summed E-state index contributed by atoms with van der Waals surface area (Å²) in [6.45, 7) is 5.68. The van der Waals surface area contributed by atoms with Gasteiger partial charge < -0.3 is 21.3 Å². The van der Waals surface area contributed by atoms with E-state index in [2.05, 4.69) is 10.6 Å². The van der Waals surface area contributed by atoms with Crippen LogP contribution in [0.3, 0.4) is 0 Å². The first kappa shape index (κ1) is 17.3. The fourth-order valence-corrected chi connectivity index (χ4v) is 2.77. The van der Waals surface area contributed by atoms with E-state index in [1.54, 1.807) is 11.8 Å². The molecule has 2 atom stereocenters. The number of aryl methyl sites for hydroxylation is 1. The molecule has 3 amide bonds. The maximum absolute atomic E-state index is 12.0. The third-order valence-electron chi connectivity index (χ3n) is 4.08. The average molecular weight is 318 g/mol. The monoisotopic (exact) mass is 318 g/mol. The van der Waals surface area contributed by atoms with Gasteiger partial charge in [-0.3, -0.25) is 4.79 Å². The number of benzene rings is 1. The van der Waals surface area contributed by atoms with E-state index in [4.69, 9.17) is 5.73 Å². The van der Waals surface area contributed by atoms with Crippen LogP contribution < -0.4 is 16.4 Å². The van der Waals surface area contributed by atoms with Gasteiger partial charge in [-0.25, -0.2) is 4.79 Å². The minimum Gasteiger partial charge on any atom is -0.341 e. The second-order valence-electron chi connectivity index (χ2n) is 6.28. The van der Waals surface area contributed by atoms with Crippen LogP contribution in [0.1, 0.15) is 25.3 Å². The van der Waals surface area contributed by atoms with Crippen LogP contribution in [0.25, 0.3) is 0 Å². The Labute approximate surface area is 137 Å². The molecule has 126 valence electrons. The standard InChI is InChI=1S/C17H26N4O2/c1-12-5-7-15(8-6-12)20-17(23)19-10-14-4-3-9-21(11-14)16(22)13(2)18/h5-8,13-14H,3-4,9-11,18H2,1-2H3,(H2,19,20,23)/t13-,14?/m1/s1. The minimum absolute atomic E-state index is 0.0150. The molecule has 0 spiro atoms. The van der Waals surface area contributed by atoms with Crippen molar-refractivity contribution in [3.05, 3.63) is 29.8 Å². The molecule has 1 aliphatic rings. The quantitative estimate of drug-likeness (QED) is 0.789. The largest absolute Gasteiger partial charge is 0.341 e. The molecule has 6 heteroatoms. The number of anilines is 1. The highest BCUT2D eigenvalue weighted by molar-refractivity contribution is 5.89. The zero-order valence-electron chi connectivity index (χ0n) is 13.8. The van der Waals surface area contributed by atoms with Crippen LogP contribution in [0.5, 0.6) is 0 Å². The number of hydrogen-bond acceptors (Lipinski definition) is 3. The van der Waals surface area contributed by atoms with Crippen LogP contribution in [0.4, 0.5) is 10.5 Å². The lowest BCUT2D eigenvalue weighted by atomic mass is 9.97. The molecule has 23 heavy (non-hydrogen) atoms. The van der Waals surface area contributed by atoms with Crippen LogP contribution >= 0.6 is 0 Å². The first-order chi connectivity index (χ1) is 11.0. The van der Waals surface area contributed by atoms with E-state index in [9.17, 15) is 9.59 Å². The van der Waals surface area contributed by atoms with E-state index < -0.39 is 6.04 Å². The van der Waals surface area contributed by atoms with Crippen LogP contribution in [0.2, 0.25) is 0 Å². The fraction of sp³-hybridized carbons (Fsp3) is 0.529. The van der Waals surface area contributed by atoms with Gasteiger partial charge >= 0.3 is 6.03 Å². The smallest absolute Gasteiger partial charge is 0.319 e. The summed E-state index contributed by atoms with van der Waals surface area (Å²) >= 11 is 0. The summed E-state index contributed by atoms with van der Waals surface area (Å²) in [4.78, 5) is 25.7. The molecule has 0 aromatic heterocycles. The van der Waals surface area contributed by atoms with E-state index in [-0.39, 0.29) is 17.9 Å². The molecule has 0 saturated carbocycles. The van der Waals surface area contributed by atoms with Crippen molar-refractivity contribution in [1.82, 2.24) is 10.2 Å². The predicted octanol–water partition coefficient (Wildman–Crippen LogP) is 1.70. The van der Waals surface area contributed by atoms with Gasteiger partial charge in [0.2, 0.25) is 5.91 Å². The van der Waals surface area contributed by atoms with E-state index in [0.717, 1.165) is 30.6 Å². The lowest BCUT2D eigenvalue weighted by Gasteiger charge is -2.33. The second-order valence-corrected chi connectivity index (χ2v) is 6.28. The number of likely N-dealkylation sites (tertiary alicyclic amines) is 1. The number of nitrogens with two attached hydrogens (primary N) is 1. The Morgan fingerprint density at radius 1 is 1.35 bits per heavy atom. The van der Waals surface area contributed by atoms with Crippen molar-refractivity contribution in [2.75, 3.05) is 25.0 Å². The Morgan fingerprint density at radius 2 is 2.04 bits per heavy atom. The van der Waals surface area contributed by atoms with E-state index in [0.29, 0.717) is 13.1 Å². The summed E-state index contributed by atoms with van der Waals surface area (Å²) in [5, 5.41) is 5.70. The van der Waals surface area contributed by atoms with E-state index >= 15 is 0 Å². The Kier molecular flexibility index (Phi) is 5.98. The maximum Gasteiger partial charge on any atom is 0.319 e. The molecule has 1 heterocycles. The molecule has 2 rings (SSSR count). The van der Waals surface area contributed by atoms with Gasteiger partial charge in [-0.1, -0.05) is 17.7 Å². The second kappa shape index (κ2) is 7.97. The normalized spacial score (nSPS) is 19.1. The summed E-state index contributed by atoms with van der Waals surface area (Å²) in [6.07, 6.45) is 1.96. The van der Waals surface area contributed by atoms with E-state index in [1.165, 1.54) is 0 Å². The first-order valence-corrected chi connectivity index (χ1v) is 8.11. The van der Waals surface area contributed by atoms with Crippen molar-refractivity contribution >= 4 is 17.6 Å². The number of piperidine rings is 1. The molecule has 1 aromatic carbocycles. The van der Waals surface area contributed by atoms with Crippen LogP contribution in [-0.2, 0) is 4.79 Å². The van der Waals surface area contributed by atoms with Gasteiger partial charge in [0.25, 0.3) is 0 Å². The highest BCUT2D eigenvalue weighted by Crippen LogP contribution is 2.16. The molecule has 0 radical (unpaired) electrons. The Balaban J connectivity index is 1.77. The van der Waals surface area contributed by atoms with Crippen LogP contribution in [0.15, 0.2) is 24.3 Å². The zero-order valence-corrected chi connectivity index (χ0v) is 13.8. The summed E-state index contributed by atoms with van der Waals surface area (Å²) in [5.74, 6) is 0.258. The third-order valence-corrected chi connectivity index (χ3v) is 4.08. The highest BCUT2D eigenvalue weighted by atomic mass is 16.2. The fourth-order valence-electron chi connectivity index (χ4n) is 2.77. The first-order valence-electron chi connectivity index (χ1n) is 8.11. The van der Waals surface area contributed by atoms with Crippen LogP contribution in [0, 0.1) is 12.8 Å². The van der Waals surface area contributed by atoms with Crippen molar-refractivity contribution in [1.29, 1.82) is 0 Å². The number of urea groups is 1. The van der Waals surface area contributed by atoms with Crippen molar-refractivity contribution in [2.24, 2.45) is 11.7 Å². The molecule has 0 bridgehead atoms. The molecule has 0 aliphatic carbocycles. The lowest BCUT2D eigenvalue weighted by molar-refractivity contribution is -0.133. The molecule has 1 saturated heterocycles. The van der Waals surface area contributed by atoms with Crippen molar-refractivity contribution in [2.45, 2.75) is 32.7 Å². The van der Waals surface area contributed by atoms with Crippen LogP contribution in [-0.4, -0.2) is 42.5 Å². The van der Waals surface area contributed by atoms with Gasteiger partial charge in [0.1, 0.15) is 0 Å². The zero-order chi connectivity index (χ0) is 16.8. The molecular formula is C17H26N4O2. The molecule has 1 aliphatic heterocycles. The molecule has 1 aromatic rings. The molecule has 1 unspecified atom stereocenters. The minimum atomic E-state index is -0.466. The number of rotatable bonds is 4. The number of hydrogen-bond donors (Lipinski definition) is 3. The summed E-state index contributed by atoms with van der Waals surface area (Å²) in [5.41, 5.74) is 7.58. The Bertz CT molecular complexity index is 542. The Hall–Kier alpha value is -2.08. The molecular weight excluding hydrogens is 292 g/mol. The van der Waals surface area contributed by atoms with Gasteiger partial charge in [0, 0.05) is 25.3 Å². The lowest BCUT2D eigenvalue weighted by Crippen LogP contribution is -2.49. The molecule has 6 nitrogen and oxygen atoms in total. The van der Waals surface area contributed by atoms with Gasteiger partial charge in [-0.05, 0) is 44.7 Å². The molecule has 4 N–H and O–H groups in total. The average Bonchev–Trinajstić information content (AvgIpc) is 2.54. The predicted molar refractivity (Wildman–Crippen MR) is 91.2 cm³/mol. The van der Waals surface area contributed by atoms with Crippen molar-refractivity contribution in [3.63, 3.8) is 0 Å². The van der Waals surface area contributed by atoms with Gasteiger partial charge in [0.15, 0.2) is 0 Å². The topological polar surface area (TPSA) is 87.5 Å². The number of amides is 3. The number of carbonyl (C=O) groups is 2. The Morgan fingerprint density at radius 3 is 2.70 bits per heavy atom. The summed E-state index contributed by atoms with van der Waals surface area (Å²) < 4.78 is 0. The van der Waals surface area contributed by atoms with Crippen molar-refractivity contribution < 1.29 is 9.59 Å². The third kappa shape index (κ3) is 5.25.